The Labute approximate surface area is 104 Å². The molecule has 0 saturated carbocycles. The van der Waals surface area contributed by atoms with Gasteiger partial charge >= 0.3 is 0 Å². The molecular weight excluding hydrogens is 228 g/mol. The summed E-state index contributed by atoms with van der Waals surface area (Å²) in [6, 6.07) is 16.6. The summed E-state index contributed by atoms with van der Waals surface area (Å²) in [5.41, 5.74) is 3.50. The Kier molecular flexibility index (Phi) is 1.72. The Morgan fingerprint density at radius 1 is 1.00 bits per heavy atom. The lowest BCUT2D eigenvalue weighted by Crippen LogP contribution is -2.22. The molecule has 82 valence electrons. The average Bonchev–Trinajstić information content (AvgIpc) is 2.88. The first-order valence-electron chi connectivity index (χ1n) is 5.59. The van der Waals surface area contributed by atoms with Crippen LogP contribution in [-0.4, -0.2) is 5.84 Å². The van der Waals surface area contributed by atoms with Crippen LogP contribution in [0.15, 0.2) is 53.4 Å². The predicted molar refractivity (Wildman–Crippen MR) is 70.8 cm³/mol. The monoisotopic (exact) mass is 238 g/mol. The second-order valence-electron chi connectivity index (χ2n) is 4.24. The third-order valence-corrected chi connectivity index (χ3v) is 4.61. The summed E-state index contributed by atoms with van der Waals surface area (Å²) in [5, 5.41) is 8.56. The third kappa shape index (κ3) is 1.09. The molecule has 0 aliphatic carbocycles. The molecule has 2 heterocycles. The summed E-state index contributed by atoms with van der Waals surface area (Å²) in [7, 11) is 0. The fraction of sp³-hybridized carbons (Fsp3) is 0.0714. The largest absolute Gasteiger partial charge is 0.308 e. The van der Waals surface area contributed by atoms with E-state index in [1.165, 1.54) is 16.1 Å². The second-order valence-corrected chi connectivity index (χ2v) is 5.37. The summed E-state index contributed by atoms with van der Waals surface area (Å²) in [4.78, 5) is 3.40. The van der Waals surface area contributed by atoms with Crippen LogP contribution in [0.1, 0.15) is 16.5 Å². The van der Waals surface area contributed by atoms with Crippen LogP contribution >= 0.6 is 11.8 Å². The van der Waals surface area contributed by atoms with E-state index in [2.05, 4.69) is 35.2 Å². The number of hydrogen-bond acceptors (Lipinski definition) is 2. The summed E-state index contributed by atoms with van der Waals surface area (Å²) in [5.74, 6) is 0.628. The summed E-state index contributed by atoms with van der Waals surface area (Å²) in [6.45, 7) is 0. The molecule has 2 nitrogen and oxygen atoms in total. The first kappa shape index (κ1) is 9.31. The first-order valence-corrected chi connectivity index (χ1v) is 6.47. The van der Waals surface area contributed by atoms with E-state index < -0.39 is 0 Å². The zero-order valence-electron chi connectivity index (χ0n) is 9.05. The van der Waals surface area contributed by atoms with Gasteiger partial charge in [0.15, 0.2) is 0 Å². The molecule has 3 heteroatoms. The van der Waals surface area contributed by atoms with Crippen LogP contribution < -0.4 is 4.90 Å². The normalized spacial score (nSPS) is 20.1. The predicted octanol–water partition coefficient (Wildman–Crippen LogP) is 3.64. The minimum absolute atomic E-state index is 0.260. The van der Waals surface area contributed by atoms with Crippen molar-refractivity contribution in [2.24, 2.45) is 0 Å². The molecule has 0 saturated heterocycles. The van der Waals surface area contributed by atoms with Gasteiger partial charge in [-0.3, -0.25) is 5.41 Å². The highest BCUT2D eigenvalue weighted by Crippen LogP contribution is 2.55. The molecule has 17 heavy (non-hydrogen) atoms. The molecule has 2 aromatic rings. The van der Waals surface area contributed by atoms with Gasteiger partial charge in [0.2, 0.25) is 0 Å². The van der Waals surface area contributed by atoms with Gasteiger partial charge in [0, 0.05) is 10.5 Å². The van der Waals surface area contributed by atoms with Gasteiger partial charge in [-0.15, -0.1) is 0 Å². The van der Waals surface area contributed by atoms with E-state index in [0.29, 0.717) is 5.84 Å². The molecule has 1 unspecified atom stereocenters. The Morgan fingerprint density at radius 3 is 2.71 bits per heavy atom. The van der Waals surface area contributed by atoms with Crippen LogP contribution in [0.25, 0.3) is 0 Å². The Morgan fingerprint density at radius 2 is 1.76 bits per heavy atom. The van der Waals surface area contributed by atoms with Crippen molar-refractivity contribution in [1.82, 2.24) is 0 Å². The maximum Gasteiger partial charge on any atom is 0.134 e. The van der Waals surface area contributed by atoms with Crippen molar-refractivity contribution >= 4 is 23.3 Å². The maximum absolute atomic E-state index is 8.30. The van der Waals surface area contributed by atoms with Crippen molar-refractivity contribution in [3.05, 3.63) is 59.7 Å². The number of rotatable bonds is 0. The van der Waals surface area contributed by atoms with E-state index in [1.54, 1.807) is 0 Å². The minimum atomic E-state index is 0.260. The van der Waals surface area contributed by atoms with Crippen molar-refractivity contribution < 1.29 is 0 Å². The first-order chi connectivity index (χ1) is 8.36. The van der Waals surface area contributed by atoms with Gasteiger partial charge in [-0.1, -0.05) is 48.2 Å². The average molecular weight is 238 g/mol. The van der Waals surface area contributed by atoms with Gasteiger partial charge in [-0.25, -0.2) is 0 Å². The Balaban J connectivity index is 1.94. The number of benzene rings is 2. The molecule has 0 spiro atoms. The van der Waals surface area contributed by atoms with Crippen LogP contribution in [0, 0.1) is 5.41 Å². The fourth-order valence-corrected chi connectivity index (χ4v) is 3.89. The minimum Gasteiger partial charge on any atom is -0.308 e. The summed E-state index contributed by atoms with van der Waals surface area (Å²) in [6.07, 6.45) is 0. The number of nitrogens with one attached hydrogen (secondary N) is 1. The fourth-order valence-electron chi connectivity index (χ4n) is 2.55. The van der Waals surface area contributed by atoms with Gasteiger partial charge in [0.05, 0.1) is 5.69 Å². The highest BCUT2D eigenvalue weighted by Gasteiger charge is 2.41. The number of thioether (sulfide) groups is 1. The topological polar surface area (TPSA) is 27.1 Å². The number of fused-ring (bicyclic) bond motifs is 5. The number of amidine groups is 1. The third-order valence-electron chi connectivity index (χ3n) is 3.32. The SMILES string of the molecule is N=C1c2ccccc2C2Sc3ccccc3N12. The lowest BCUT2D eigenvalue weighted by molar-refractivity contribution is 1.03. The van der Waals surface area contributed by atoms with Crippen LogP contribution in [0.3, 0.4) is 0 Å². The second kappa shape index (κ2) is 3.14. The van der Waals surface area contributed by atoms with E-state index in [9.17, 15) is 0 Å². The molecule has 4 rings (SSSR count). The molecule has 0 bridgehead atoms. The van der Waals surface area contributed by atoms with Crippen LogP contribution in [0.4, 0.5) is 5.69 Å². The van der Waals surface area contributed by atoms with E-state index in [0.717, 1.165) is 5.56 Å². The number of nitrogens with zero attached hydrogens (tertiary/aromatic N) is 1. The lowest BCUT2D eigenvalue weighted by Gasteiger charge is -2.17. The lowest BCUT2D eigenvalue weighted by atomic mass is 10.1. The molecule has 2 aliphatic rings. The van der Waals surface area contributed by atoms with Gasteiger partial charge < -0.3 is 4.90 Å². The highest BCUT2D eigenvalue weighted by molar-refractivity contribution is 8.00. The van der Waals surface area contributed by atoms with Gasteiger partial charge in [0.1, 0.15) is 11.2 Å². The molecule has 1 atom stereocenters. The molecule has 0 radical (unpaired) electrons. The Hall–Kier alpha value is -1.74. The molecule has 2 aromatic carbocycles. The number of anilines is 1. The number of para-hydroxylation sites is 1. The van der Waals surface area contributed by atoms with E-state index in [4.69, 9.17) is 5.41 Å². The summed E-state index contributed by atoms with van der Waals surface area (Å²) < 4.78 is 0. The van der Waals surface area contributed by atoms with Crippen LogP contribution in [-0.2, 0) is 0 Å². The zero-order valence-corrected chi connectivity index (χ0v) is 9.87. The quantitative estimate of drug-likeness (QED) is 0.758. The highest BCUT2D eigenvalue weighted by atomic mass is 32.2. The molecule has 0 fully saturated rings. The van der Waals surface area contributed by atoms with Gasteiger partial charge in [0.25, 0.3) is 0 Å². The molecule has 0 amide bonds. The Bertz CT molecular complexity index is 636. The van der Waals surface area contributed by atoms with Crippen molar-refractivity contribution in [2.45, 2.75) is 10.3 Å². The maximum atomic E-state index is 8.30. The smallest absolute Gasteiger partial charge is 0.134 e. The molecule has 0 aromatic heterocycles. The zero-order chi connectivity index (χ0) is 11.4. The van der Waals surface area contributed by atoms with Crippen molar-refractivity contribution in [3.63, 3.8) is 0 Å². The van der Waals surface area contributed by atoms with Gasteiger partial charge in [-0.05, 0) is 17.7 Å². The molecule has 2 aliphatic heterocycles. The van der Waals surface area contributed by atoms with Crippen LogP contribution in [0.2, 0.25) is 0 Å². The number of hydrogen-bond donors (Lipinski definition) is 1. The van der Waals surface area contributed by atoms with E-state index in [1.807, 2.05) is 30.0 Å². The standard InChI is InChI=1S/C14H10N2S/c15-13-9-5-1-2-6-10(9)14-16(13)11-7-3-4-8-12(11)17-14/h1-8,14-15H. The van der Waals surface area contributed by atoms with E-state index in [-0.39, 0.29) is 5.37 Å². The molecular formula is C14H10N2S. The van der Waals surface area contributed by atoms with Crippen molar-refractivity contribution in [1.29, 1.82) is 5.41 Å². The van der Waals surface area contributed by atoms with Crippen molar-refractivity contribution in [3.8, 4) is 0 Å². The van der Waals surface area contributed by atoms with E-state index >= 15 is 0 Å². The summed E-state index contributed by atoms with van der Waals surface area (Å²) >= 11 is 1.84. The van der Waals surface area contributed by atoms with Crippen LogP contribution in [0.5, 0.6) is 0 Å². The van der Waals surface area contributed by atoms with Gasteiger partial charge in [-0.2, -0.15) is 0 Å². The van der Waals surface area contributed by atoms with Crippen molar-refractivity contribution in [2.75, 3.05) is 4.90 Å². The molecule has 1 N–H and O–H groups in total.